The van der Waals surface area contributed by atoms with Gasteiger partial charge in [-0.05, 0) is 41.8 Å². The number of aliphatic hydroxyl groups is 1. The first-order valence-corrected chi connectivity index (χ1v) is 7.97. The van der Waals surface area contributed by atoms with Crippen molar-refractivity contribution in [1.29, 1.82) is 0 Å². The summed E-state index contributed by atoms with van der Waals surface area (Å²) >= 11 is 3.50. The van der Waals surface area contributed by atoms with Crippen molar-refractivity contribution < 1.29 is 5.11 Å². The van der Waals surface area contributed by atoms with E-state index in [9.17, 15) is 5.11 Å². The number of hydrogen-bond donors (Lipinski definition) is 1. The Kier molecular flexibility index (Phi) is 4.25. The molecule has 1 N–H and O–H groups in total. The Morgan fingerprint density at radius 3 is 2.56 bits per heavy atom. The third-order valence-corrected chi connectivity index (χ3v) is 5.49. The zero-order chi connectivity index (χ0) is 13.2. The van der Waals surface area contributed by atoms with Crippen LogP contribution in [-0.2, 0) is 11.8 Å². The normalized spacial score (nSPS) is 13.8. The second kappa shape index (κ2) is 5.55. The average molecular weight is 280 g/mol. The number of thiophene rings is 2. The Morgan fingerprint density at radius 2 is 2.00 bits per heavy atom. The summed E-state index contributed by atoms with van der Waals surface area (Å²) in [6.45, 7) is 6.63. The minimum atomic E-state index is -0.326. The topological polar surface area (TPSA) is 20.2 Å². The van der Waals surface area contributed by atoms with Gasteiger partial charge in [-0.15, -0.1) is 22.7 Å². The fourth-order valence-corrected chi connectivity index (χ4v) is 3.62. The van der Waals surface area contributed by atoms with Gasteiger partial charge in [-0.25, -0.2) is 0 Å². The van der Waals surface area contributed by atoms with Gasteiger partial charge in [-0.1, -0.05) is 26.8 Å². The fraction of sp³-hybridized carbons (Fsp3) is 0.467. The monoisotopic (exact) mass is 280 g/mol. The smallest absolute Gasteiger partial charge is 0.0885 e. The number of aryl methyl sites for hydroxylation is 1. The summed E-state index contributed by atoms with van der Waals surface area (Å²) in [6, 6.07) is 8.42. The molecule has 0 spiro atoms. The Morgan fingerprint density at radius 1 is 1.22 bits per heavy atom. The second-order valence-corrected chi connectivity index (χ2v) is 7.73. The van der Waals surface area contributed by atoms with Gasteiger partial charge in [-0.3, -0.25) is 0 Å². The highest BCUT2D eigenvalue weighted by Crippen LogP contribution is 2.33. The van der Waals surface area contributed by atoms with E-state index in [-0.39, 0.29) is 11.5 Å². The highest BCUT2D eigenvalue weighted by atomic mass is 32.1. The van der Waals surface area contributed by atoms with Gasteiger partial charge in [0.05, 0.1) is 6.10 Å². The predicted octanol–water partition coefficient (Wildman–Crippen LogP) is 4.77. The van der Waals surface area contributed by atoms with Crippen molar-refractivity contribution in [3.63, 3.8) is 0 Å². The standard InChI is InChI=1S/C15H20OS2/c1-15(2,3)14-9-8-13(18-14)12(16)7-6-11-5-4-10-17-11/h4-5,8-10,12,16H,6-7H2,1-3H3. The van der Waals surface area contributed by atoms with Crippen molar-refractivity contribution in [1.82, 2.24) is 0 Å². The van der Waals surface area contributed by atoms with E-state index in [0.29, 0.717) is 0 Å². The quantitative estimate of drug-likeness (QED) is 0.855. The van der Waals surface area contributed by atoms with Crippen LogP contribution in [0.15, 0.2) is 29.6 Å². The molecule has 2 heterocycles. The minimum Gasteiger partial charge on any atom is -0.388 e. The first kappa shape index (κ1) is 13.8. The zero-order valence-corrected chi connectivity index (χ0v) is 12.8. The molecule has 2 rings (SSSR count). The van der Waals surface area contributed by atoms with E-state index in [0.717, 1.165) is 17.7 Å². The molecule has 0 saturated heterocycles. The second-order valence-electron chi connectivity index (χ2n) is 5.59. The van der Waals surface area contributed by atoms with E-state index in [2.05, 4.69) is 50.4 Å². The van der Waals surface area contributed by atoms with Gasteiger partial charge < -0.3 is 5.11 Å². The lowest BCUT2D eigenvalue weighted by Gasteiger charge is -2.15. The molecule has 2 aromatic rings. The summed E-state index contributed by atoms with van der Waals surface area (Å²) in [6.07, 6.45) is 1.44. The van der Waals surface area contributed by atoms with E-state index >= 15 is 0 Å². The average Bonchev–Trinajstić information content (AvgIpc) is 2.96. The largest absolute Gasteiger partial charge is 0.388 e. The third-order valence-electron chi connectivity index (χ3n) is 2.94. The molecule has 3 heteroatoms. The van der Waals surface area contributed by atoms with Crippen molar-refractivity contribution in [2.24, 2.45) is 0 Å². The predicted molar refractivity (Wildman–Crippen MR) is 80.6 cm³/mol. The van der Waals surface area contributed by atoms with Crippen molar-refractivity contribution >= 4 is 22.7 Å². The first-order chi connectivity index (χ1) is 8.47. The van der Waals surface area contributed by atoms with E-state index in [4.69, 9.17) is 0 Å². The Labute approximate surface area is 117 Å². The lowest BCUT2D eigenvalue weighted by atomic mass is 9.95. The van der Waals surface area contributed by atoms with Crippen LogP contribution in [0, 0.1) is 0 Å². The fourth-order valence-electron chi connectivity index (χ4n) is 1.81. The molecule has 0 amide bonds. The van der Waals surface area contributed by atoms with Gasteiger partial charge in [0.25, 0.3) is 0 Å². The number of aliphatic hydroxyl groups excluding tert-OH is 1. The van der Waals surface area contributed by atoms with Crippen LogP contribution in [0.25, 0.3) is 0 Å². The van der Waals surface area contributed by atoms with Crippen molar-refractivity contribution in [3.05, 3.63) is 44.3 Å². The van der Waals surface area contributed by atoms with Crippen LogP contribution in [0.1, 0.15) is 47.9 Å². The summed E-state index contributed by atoms with van der Waals surface area (Å²) in [7, 11) is 0. The van der Waals surface area contributed by atoms with Gasteiger partial charge in [0.15, 0.2) is 0 Å². The molecule has 98 valence electrons. The van der Waals surface area contributed by atoms with E-state index < -0.39 is 0 Å². The van der Waals surface area contributed by atoms with Gasteiger partial charge in [0, 0.05) is 14.6 Å². The van der Waals surface area contributed by atoms with Gasteiger partial charge >= 0.3 is 0 Å². The van der Waals surface area contributed by atoms with Crippen molar-refractivity contribution in [2.45, 2.75) is 45.1 Å². The first-order valence-electron chi connectivity index (χ1n) is 6.27. The molecule has 0 saturated carbocycles. The SMILES string of the molecule is CC(C)(C)c1ccc(C(O)CCc2cccs2)s1. The maximum absolute atomic E-state index is 10.2. The molecule has 1 nitrogen and oxygen atoms in total. The van der Waals surface area contributed by atoms with Gasteiger partial charge in [0.1, 0.15) is 0 Å². The van der Waals surface area contributed by atoms with Crippen LogP contribution in [0.3, 0.4) is 0 Å². The summed E-state index contributed by atoms with van der Waals surface area (Å²) in [4.78, 5) is 3.78. The molecular formula is C15H20OS2. The number of hydrogen-bond acceptors (Lipinski definition) is 3. The summed E-state index contributed by atoms with van der Waals surface area (Å²) in [5, 5.41) is 12.3. The summed E-state index contributed by atoms with van der Waals surface area (Å²) < 4.78 is 0. The third kappa shape index (κ3) is 3.44. The molecule has 0 aliphatic rings. The molecule has 0 aromatic carbocycles. The van der Waals surface area contributed by atoms with E-state index in [1.165, 1.54) is 9.75 Å². The Bertz CT molecular complexity index is 477. The highest BCUT2D eigenvalue weighted by Gasteiger charge is 2.18. The maximum atomic E-state index is 10.2. The van der Waals surface area contributed by atoms with Gasteiger partial charge in [0.2, 0.25) is 0 Å². The molecule has 0 radical (unpaired) electrons. The Balaban J connectivity index is 1.96. The van der Waals surface area contributed by atoms with E-state index in [1.807, 2.05) is 0 Å². The molecular weight excluding hydrogens is 260 g/mol. The van der Waals surface area contributed by atoms with Crippen molar-refractivity contribution in [3.8, 4) is 0 Å². The van der Waals surface area contributed by atoms with Crippen molar-refractivity contribution in [2.75, 3.05) is 0 Å². The molecule has 18 heavy (non-hydrogen) atoms. The molecule has 2 aromatic heterocycles. The Hall–Kier alpha value is -0.640. The molecule has 0 aliphatic carbocycles. The summed E-state index contributed by atoms with van der Waals surface area (Å²) in [5.41, 5.74) is 0.177. The molecule has 0 aliphatic heterocycles. The van der Waals surface area contributed by atoms with Gasteiger partial charge in [-0.2, -0.15) is 0 Å². The zero-order valence-electron chi connectivity index (χ0n) is 11.1. The van der Waals surface area contributed by atoms with E-state index in [1.54, 1.807) is 22.7 Å². The number of rotatable bonds is 4. The van der Waals surface area contributed by atoms with Crippen LogP contribution in [0.4, 0.5) is 0 Å². The molecule has 0 fully saturated rings. The molecule has 1 unspecified atom stereocenters. The van der Waals surface area contributed by atoms with Crippen LogP contribution in [0.2, 0.25) is 0 Å². The van der Waals surface area contributed by atoms with Crippen LogP contribution in [0.5, 0.6) is 0 Å². The lowest BCUT2D eigenvalue weighted by molar-refractivity contribution is 0.172. The van der Waals surface area contributed by atoms with Crippen LogP contribution in [-0.4, -0.2) is 5.11 Å². The molecule has 0 bridgehead atoms. The van der Waals surface area contributed by atoms with Crippen LogP contribution < -0.4 is 0 Å². The summed E-state index contributed by atoms with van der Waals surface area (Å²) in [5.74, 6) is 0. The highest BCUT2D eigenvalue weighted by molar-refractivity contribution is 7.12. The maximum Gasteiger partial charge on any atom is 0.0885 e. The van der Waals surface area contributed by atoms with Crippen LogP contribution >= 0.6 is 22.7 Å². The lowest BCUT2D eigenvalue weighted by Crippen LogP contribution is -2.07. The molecule has 1 atom stereocenters. The minimum absolute atomic E-state index is 0.177.